The molecule has 5 heteroatoms. The van der Waals surface area contributed by atoms with Gasteiger partial charge in [-0.05, 0) is 0 Å². The van der Waals surface area contributed by atoms with Gasteiger partial charge < -0.3 is 10.1 Å². The maximum absolute atomic E-state index is 8.56. The average Bonchev–Trinajstić information content (AvgIpc) is 2.12. The first kappa shape index (κ1) is 7.95. The number of nitrogens with zero attached hydrogens (tertiary/aromatic N) is 3. The van der Waals surface area contributed by atoms with Crippen LogP contribution in [0.1, 0.15) is 5.69 Å². The summed E-state index contributed by atoms with van der Waals surface area (Å²) in [6.45, 7) is 1.68. The lowest BCUT2D eigenvalue weighted by atomic mass is 10.2. The van der Waals surface area contributed by atoms with Crippen molar-refractivity contribution < 1.29 is 4.74 Å². The molecule has 1 saturated heterocycles. The van der Waals surface area contributed by atoms with Crippen LogP contribution < -0.4 is 10.1 Å². The zero-order valence-electron chi connectivity index (χ0n) is 6.90. The van der Waals surface area contributed by atoms with Gasteiger partial charge in [0.05, 0.1) is 0 Å². The van der Waals surface area contributed by atoms with Crippen molar-refractivity contribution in [2.45, 2.75) is 6.10 Å². The van der Waals surface area contributed by atoms with E-state index in [9.17, 15) is 0 Å². The Balaban J connectivity index is 2.07. The fourth-order valence-electron chi connectivity index (χ4n) is 0.981. The van der Waals surface area contributed by atoms with E-state index in [0.717, 1.165) is 13.1 Å². The summed E-state index contributed by atoms with van der Waals surface area (Å²) in [6, 6.07) is 3.47. The number of nitriles is 1. The van der Waals surface area contributed by atoms with Gasteiger partial charge >= 0.3 is 0 Å². The largest absolute Gasteiger partial charge is 0.472 e. The SMILES string of the molecule is N#Cc1cc(OC2CNC2)ncn1. The minimum atomic E-state index is 0.182. The summed E-state index contributed by atoms with van der Waals surface area (Å²) in [6.07, 6.45) is 1.52. The molecule has 0 aliphatic carbocycles. The van der Waals surface area contributed by atoms with Crippen molar-refractivity contribution in [1.82, 2.24) is 15.3 Å². The molecule has 2 rings (SSSR count). The Labute approximate surface area is 75.4 Å². The van der Waals surface area contributed by atoms with Crippen LogP contribution in [0, 0.1) is 11.3 Å². The molecular weight excluding hydrogens is 168 g/mol. The Morgan fingerprint density at radius 2 is 2.38 bits per heavy atom. The molecule has 5 nitrogen and oxygen atoms in total. The predicted molar refractivity (Wildman–Crippen MR) is 44.0 cm³/mol. The third kappa shape index (κ3) is 1.73. The molecule has 13 heavy (non-hydrogen) atoms. The van der Waals surface area contributed by atoms with Crippen molar-refractivity contribution in [1.29, 1.82) is 5.26 Å². The molecule has 0 radical (unpaired) electrons. The molecule has 0 bridgehead atoms. The summed E-state index contributed by atoms with van der Waals surface area (Å²) in [5.74, 6) is 0.470. The van der Waals surface area contributed by atoms with E-state index in [0.29, 0.717) is 11.6 Å². The molecular formula is C8H8N4O. The monoisotopic (exact) mass is 176 g/mol. The second kappa shape index (κ2) is 3.37. The van der Waals surface area contributed by atoms with Crippen LogP contribution in [0.5, 0.6) is 5.88 Å². The van der Waals surface area contributed by atoms with Gasteiger partial charge in [0.25, 0.3) is 0 Å². The molecule has 0 unspecified atom stereocenters. The summed E-state index contributed by atoms with van der Waals surface area (Å²) in [5.41, 5.74) is 0.331. The van der Waals surface area contributed by atoms with E-state index in [1.165, 1.54) is 6.33 Å². The number of hydrogen-bond donors (Lipinski definition) is 1. The summed E-state index contributed by atoms with van der Waals surface area (Å²) in [4.78, 5) is 7.64. The molecule has 2 heterocycles. The van der Waals surface area contributed by atoms with Crippen LogP contribution in [-0.2, 0) is 0 Å². The van der Waals surface area contributed by atoms with Gasteiger partial charge in [-0.1, -0.05) is 0 Å². The van der Waals surface area contributed by atoms with E-state index in [2.05, 4.69) is 15.3 Å². The van der Waals surface area contributed by atoms with Gasteiger partial charge in [-0.25, -0.2) is 9.97 Å². The molecule has 0 aromatic carbocycles. The zero-order chi connectivity index (χ0) is 9.10. The molecule has 1 fully saturated rings. The second-order valence-corrected chi connectivity index (χ2v) is 2.75. The van der Waals surface area contributed by atoms with E-state index in [-0.39, 0.29) is 6.10 Å². The lowest BCUT2D eigenvalue weighted by Gasteiger charge is -2.26. The maximum atomic E-state index is 8.56. The number of nitrogens with one attached hydrogen (secondary N) is 1. The predicted octanol–water partition coefficient (Wildman–Crippen LogP) is -0.301. The Bertz CT molecular complexity index is 342. The average molecular weight is 176 g/mol. The first-order valence-electron chi connectivity index (χ1n) is 3.98. The highest BCUT2D eigenvalue weighted by molar-refractivity contribution is 5.24. The smallest absolute Gasteiger partial charge is 0.218 e. The molecule has 1 aliphatic heterocycles. The van der Waals surface area contributed by atoms with Crippen molar-refractivity contribution in [2.24, 2.45) is 0 Å². The van der Waals surface area contributed by atoms with Gasteiger partial charge in [-0.2, -0.15) is 5.26 Å². The molecule has 0 saturated carbocycles. The second-order valence-electron chi connectivity index (χ2n) is 2.75. The van der Waals surface area contributed by atoms with Gasteiger partial charge in [-0.15, -0.1) is 0 Å². The fourth-order valence-corrected chi connectivity index (χ4v) is 0.981. The van der Waals surface area contributed by atoms with Crippen molar-refractivity contribution in [3.8, 4) is 11.9 Å². The van der Waals surface area contributed by atoms with Crippen LogP contribution in [0.4, 0.5) is 0 Å². The topological polar surface area (TPSA) is 70.8 Å². The van der Waals surface area contributed by atoms with Crippen molar-refractivity contribution >= 4 is 0 Å². The molecule has 1 aromatic rings. The lowest BCUT2D eigenvalue weighted by Crippen LogP contribution is -2.50. The number of rotatable bonds is 2. The fraction of sp³-hybridized carbons (Fsp3) is 0.375. The van der Waals surface area contributed by atoms with Crippen molar-refractivity contribution in [3.05, 3.63) is 18.1 Å². The van der Waals surface area contributed by atoms with E-state index in [4.69, 9.17) is 10.00 Å². The quantitative estimate of drug-likeness (QED) is 0.669. The summed E-state index contributed by atoms with van der Waals surface area (Å²) < 4.78 is 5.43. The van der Waals surface area contributed by atoms with E-state index < -0.39 is 0 Å². The van der Waals surface area contributed by atoms with Crippen LogP contribution in [0.3, 0.4) is 0 Å². The highest BCUT2D eigenvalue weighted by atomic mass is 16.5. The maximum Gasteiger partial charge on any atom is 0.218 e. The molecule has 0 spiro atoms. The van der Waals surface area contributed by atoms with Gasteiger partial charge in [0.1, 0.15) is 24.2 Å². The normalized spacial score (nSPS) is 15.9. The zero-order valence-corrected chi connectivity index (χ0v) is 6.90. The molecule has 1 aliphatic rings. The molecule has 1 aromatic heterocycles. The Morgan fingerprint density at radius 3 is 3.00 bits per heavy atom. The number of hydrogen-bond acceptors (Lipinski definition) is 5. The molecule has 0 amide bonds. The highest BCUT2D eigenvalue weighted by Gasteiger charge is 2.18. The van der Waals surface area contributed by atoms with Gasteiger partial charge in [0.15, 0.2) is 0 Å². The van der Waals surface area contributed by atoms with Crippen molar-refractivity contribution in [3.63, 3.8) is 0 Å². The van der Waals surface area contributed by atoms with E-state index in [1.807, 2.05) is 6.07 Å². The van der Waals surface area contributed by atoms with Crippen molar-refractivity contribution in [2.75, 3.05) is 13.1 Å². The van der Waals surface area contributed by atoms with Crippen LogP contribution >= 0.6 is 0 Å². The standard InChI is InChI=1S/C8H8N4O/c9-2-6-1-8(12-5-11-6)13-7-3-10-4-7/h1,5,7,10H,3-4H2. The van der Waals surface area contributed by atoms with Gasteiger partial charge in [0, 0.05) is 19.2 Å². The summed E-state index contributed by atoms with van der Waals surface area (Å²) in [7, 11) is 0. The minimum Gasteiger partial charge on any atom is -0.472 e. The van der Waals surface area contributed by atoms with Gasteiger partial charge in [0.2, 0.25) is 5.88 Å². The molecule has 66 valence electrons. The number of aromatic nitrogens is 2. The third-order valence-corrected chi connectivity index (χ3v) is 1.79. The van der Waals surface area contributed by atoms with Crippen LogP contribution in [0.25, 0.3) is 0 Å². The minimum absolute atomic E-state index is 0.182. The van der Waals surface area contributed by atoms with E-state index in [1.54, 1.807) is 6.07 Å². The Morgan fingerprint density at radius 1 is 1.54 bits per heavy atom. The summed E-state index contributed by atoms with van der Waals surface area (Å²) >= 11 is 0. The third-order valence-electron chi connectivity index (χ3n) is 1.79. The first-order chi connectivity index (χ1) is 6.38. The van der Waals surface area contributed by atoms with Crippen LogP contribution in [-0.4, -0.2) is 29.2 Å². The highest BCUT2D eigenvalue weighted by Crippen LogP contribution is 2.09. The van der Waals surface area contributed by atoms with Crippen LogP contribution in [0.15, 0.2) is 12.4 Å². The Hall–Kier alpha value is -1.67. The summed E-state index contributed by atoms with van der Waals surface area (Å²) in [5, 5.41) is 11.6. The van der Waals surface area contributed by atoms with Gasteiger partial charge in [-0.3, -0.25) is 0 Å². The molecule has 0 atom stereocenters. The molecule has 1 N–H and O–H groups in total. The first-order valence-corrected chi connectivity index (χ1v) is 3.98. The lowest BCUT2D eigenvalue weighted by molar-refractivity contribution is 0.136. The van der Waals surface area contributed by atoms with Crippen LogP contribution in [0.2, 0.25) is 0 Å². The number of ether oxygens (including phenoxy) is 1. The Kier molecular flexibility index (Phi) is 2.06. The van der Waals surface area contributed by atoms with E-state index >= 15 is 0 Å².